The van der Waals surface area contributed by atoms with Crippen LogP contribution in [0.3, 0.4) is 0 Å². The lowest BCUT2D eigenvalue weighted by molar-refractivity contribution is -0.274. The molecule has 0 aliphatic carbocycles. The molecule has 0 saturated carbocycles. The van der Waals surface area contributed by atoms with Crippen molar-refractivity contribution in [3.63, 3.8) is 0 Å². The molecule has 2 aromatic rings. The molecule has 0 spiro atoms. The second-order valence-electron chi connectivity index (χ2n) is 3.79. The van der Waals surface area contributed by atoms with Crippen LogP contribution in [0.2, 0.25) is 0 Å². The zero-order valence-electron chi connectivity index (χ0n) is 10.1. The molecule has 102 valence electrons. The Kier molecular flexibility index (Phi) is 3.85. The predicted octanol–water partition coefficient (Wildman–Crippen LogP) is 4.36. The van der Waals surface area contributed by atoms with E-state index in [1.54, 1.807) is 24.3 Å². The molecule has 0 N–H and O–H groups in total. The maximum Gasteiger partial charge on any atom is 0.573 e. The molecule has 0 radical (unpaired) electrons. The summed E-state index contributed by atoms with van der Waals surface area (Å²) in [6.07, 6.45) is 0.488. The third-order valence-corrected chi connectivity index (χ3v) is 2.30. The van der Waals surface area contributed by atoms with Crippen molar-refractivity contribution in [1.29, 1.82) is 0 Å². The maximum absolute atomic E-state index is 12.1. The Hall–Kier alpha value is -2.61. The van der Waals surface area contributed by atoms with Gasteiger partial charge in [-0.15, -0.1) is 19.6 Å². The van der Waals surface area contributed by atoms with Gasteiger partial charge >= 0.3 is 6.36 Å². The summed E-state index contributed by atoms with van der Waals surface area (Å²) in [5.41, 5.74) is 0.687. The normalized spacial score (nSPS) is 10.7. The number of alkyl halides is 3. The molecule has 2 aromatic carbocycles. The number of halogens is 3. The Morgan fingerprint density at radius 3 is 2.15 bits per heavy atom. The van der Waals surface area contributed by atoms with E-state index in [0.717, 1.165) is 6.07 Å². The van der Waals surface area contributed by atoms with Crippen molar-refractivity contribution in [3.8, 4) is 29.6 Å². The van der Waals surface area contributed by atoms with Crippen LogP contribution in [0.5, 0.6) is 17.2 Å². The van der Waals surface area contributed by atoms with Crippen LogP contribution in [0, 0.1) is 12.3 Å². The van der Waals surface area contributed by atoms with E-state index < -0.39 is 6.36 Å². The summed E-state index contributed by atoms with van der Waals surface area (Å²) in [6.45, 7) is 0. The minimum Gasteiger partial charge on any atom is -0.457 e. The molecule has 2 rings (SSSR count). The number of benzene rings is 2. The average Bonchev–Trinajstić information content (AvgIpc) is 2.38. The molecule has 20 heavy (non-hydrogen) atoms. The summed E-state index contributed by atoms with van der Waals surface area (Å²) in [6, 6.07) is 11.9. The minimum absolute atomic E-state index is 0.236. The first-order valence-electron chi connectivity index (χ1n) is 5.56. The first-order valence-corrected chi connectivity index (χ1v) is 5.56. The van der Waals surface area contributed by atoms with Crippen LogP contribution in [-0.4, -0.2) is 6.36 Å². The Balaban J connectivity index is 2.13. The fraction of sp³-hybridized carbons (Fsp3) is 0.0667. The molecule has 0 heterocycles. The monoisotopic (exact) mass is 278 g/mol. The minimum atomic E-state index is -4.73. The average molecular weight is 278 g/mol. The highest BCUT2D eigenvalue weighted by molar-refractivity contribution is 5.40. The number of hydrogen-bond acceptors (Lipinski definition) is 2. The molecule has 0 fully saturated rings. The van der Waals surface area contributed by atoms with E-state index >= 15 is 0 Å². The fourth-order valence-corrected chi connectivity index (χ4v) is 1.49. The highest BCUT2D eigenvalue weighted by Gasteiger charge is 2.31. The molecule has 5 heteroatoms. The van der Waals surface area contributed by atoms with Crippen LogP contribution in [-0.2, 0) is 0 Å². The summed E-state index contributed by atoms with van der Waals surface area (Å²) >= 11 is 0. The summed E-state index contributed by atoms with van der Waals surface area (Å²) in [5.74, 6) is 2.82. The Labute approximate surface area is 113 Å². The topological polar surface area (TPSA) is 18.5 Å². The van der Waals surface area contributed by atoms with Gasteiger partial charge in [0.05, 0.1) is 0 Å². The summed E-state index contributed by atoms with van der Waals surface area (Å²) < 4.78 is 45.5. The van der Waals surface area contributed by atoms with Crippen molar-refractivity contribution in [2.75, 3.05) is 0 Å². The van der Waals surface area contributed by atoms with Gasteiger partial charge in [0.25, 0.3) is 0 Å². The second kappa shape index (κ2) is 5.57. The predicted molar refractivity (Wildman–Crippen MR) is 67.6 cm³/mol. The standard InChI is InChI=1S/C15H9F3O2/c1-2-11-6-8-12(9-7-11)19-13-4-3-5-14(10-13)20-15(16,17)18/h1,3-10H. The molecule has 2 nitrogen and oxygen atoms in total. The molecule has 0 bridgehead atoms. The summed E-state index contributed by atoms with van der Waals surface area (Å²) in [5, 5.41) is 0. The van der Waals surface area contributed by atoms with Crippen LogP contribution < -0.4 is 9.47 Å². The summed E-state index contributed by atoms with van der Waals surface area (Å²) in [7, 11) is 0. The first kappa shape index (κ1) is 13.8. The van der Waals surface area contributed by atoms with E-state index in [2.05, 4.69) is 10.7 Å². The number of ether oxygens (including phenoxy) is 2. The smallest absolute Gasteiger partial charge is 0.457 e. The third kappa shape index (κ3) is 3.95. The second-order valence-corrected chi connectivity index (χ2v) is 3.79. The molecule has 0 aliphatic rings. The van der Waals surface area contributed by atoms with Gasteiger partial charge in [0, 0.05) is 11.6 Å². The van der Waals surface area contributed by atoms with Crippen molar-refractivity contribution in [2.24, 2.45) is 0 Å². The zero-order valence-corrected chi connectivity index (χ0v) is 10.1. The van der Waals surface area contributed by atoms with E-state index in [0.29, 0.717) is 11.3 Å². The van der Waals surface area contributed by atoms with Crippen molar-refractivity contribution in [1.82, 2.24) is 0 Å². The van der Waals surface area contributed by atoms with Crippen molar-refractivity contribution in [2.45, 2.75) is 6.36 Å². The molecule has 0 saturated heterocycles. The van der Waals surface area contributed by atoms with Crippen molar-refractivity contribution in [3.05, 3.63) is 54.1 Å². The Morgan fingerprint density at radius 1 is 0.900 bits per heavy atom. The first-order chi connectivity index (χ1) is 9.46. The zero-order chi connectivity index (χ0) is 14.6. The van der Waals surface area contributed by atoms with Gasteiger partial charge in [-0.25, -0.2) is 0 Å². The van der Waals surface area contributed by atoms with Crippen LogP contribution in [0.4, 0.5) is 13.2 Å². The van der Waals surface area contributed by atoms with Crippen LogP contribution in [0.25, 0.3) is 0 Å². The lowest BCUT2D eigenvalue weighted by Crippen LogP contribution is -2.16. The van der Waals surface area contributed by atoms with E-state index in [4.69, 9.17) is 11.2 Å². The number of hydrogen-bond donors (Lipinski definition) is 0. The van der Waals surface area contributed by atoms with Gasteiger partial charge in [-0.05, 0) is 36.4 Å². The van der Waals surface area contributed by atoms with Crippen molar-refractivity contribution < 1.29 is 22.6 Å². The van der Waals surface area contributed by atoms with Crippen molar-refractivity contribution >= 4 is 0 Å². The highest BCUT2D eigenvalue weighted by Crippen LogP contribution is 2.28. The SMILES string of the molecule is C#Cc1ccc(Oc2cccc(OC(F)(F)F)c2)cc1. The van der Waals surface area contributed by atoms with Gasteiger partial charge in [0.15, 0.2) is 0 Å². The third-order valence-electron chi connectivity index (χ3n) is 2.30. The van der Waals surface area contributed by atoms with Gasteiger partial charge in [-0.2, -0.15) is 0 Å². The van der Waals surface area contributed by atoms with E-state index in [-0.39, 0.29) is 11.5 Å². The lowest BCUT2D eigenvalue weighted by Gasteiger charge is -2.10. The lowest BCUT2D eigenvalue weighted by atomic mass is 10.2. The largest absolute Gasteiger partial charge is 0.573 e. The fourth-order valence-electron chi connectivity index (χ4n) is 1.49. The maximum atomic E-state index is 12.1. The van der Waals surface area contributed by atoms with Gasteiger partial charge in [0.1, 0.15) is 17.2 Å². The highest BCUT2D eigenvalue weighted by atomic mass is 19.4. The molecular formula is C15H9F3O2. The molecule has 0 atom stereocenters. The molecule has 0 aromatic heterocycles. The van der Waals surface area contributed by atoms with E-state index in [1.807, 2.05) is 0 Å². The van der Waals surface area contributed by atoms with Gasteiger partial charge in [-0.3, -0.25) is 0 Å². The van der Waals surface area contributed by atoms with E-state index in [1.165, 1.54) is 18.2 Å². The summed E-state index contributed by atoms with van der Waals surface area (Å²) in [4.78, 5) is 0. The Bertz CT molecular complexity index is 625. The quantitative estimate of drug-likeness (QED) is 0.777. The van der Waals surface area contributed by atoms with Crippen LogP contribution >= 0.6 is 0 Å². The van der Waals surface area contributed by atoms with Gasteiger partial charge in [-0.1, -0.05) is 12.0 Å². The van der Waals surface area contributed by atoms with Crippen LogP contribution in [0.1, 0.15) is 5.56 Å². The Morgan fingerprint density at radius 2 is 1.55 bits per heavy atom. The number of rotatable bonds is 3. The van der Waals surface area contributed by atoms with Gasteiger partial charge in [0.2, 0.25) is 0 Å². The molecular weight excluding hydrogens is 269 g/mol. The van der Waals surface area contributed by atoms with E-state index in [9.17, 15) is 13.2 Å². The molecule has 0 aliphatic heterocycles. The molecule has 0 amide bonds. The number of terminal acetylenes is 1. The molecule has 0 unspecified atom stereocenters. The van der Waals surface area contributed by atoms with Gasteiger partial charge < -0.3 is 9.47 Å². The van der Waals surface area contributed by atoms with Crippen LogP contribution in [0.15, 0.2) is 48.5 Å².